The van der Waals surface area contributed by atoms with Crippen molar-refractivity contribution in [2.75, 3.05) is 20.8 Å². The second kappa shape index (κ2) is 14.3. The average Bonchev–Trinajstić information content (AvgIpc) is 3.42. The van der Waals surface area contributed by atoms with E-state index in [0.29, 0.717) is 47.1 Å². The Kier molecular flexibility index (Phi) is 10.3. The Bertz CT molecular complexity index is 1700. The number of methoxy groups -OCH3 is 2. The number of hydrogen-bond donors (Lipinski definition) is 1. The van der Waals surface area contributed by atoms with E-state index in [0.717, 1.165) is 52.6 Å². The van der Waals surface area contributed by atoms with Gasteiger partial charge in [-0.05, 0) is 65.3 Å². The third-order valence-corrected chi connectivity index (χ3v) is 9.19. The van der Waals surface area contributed by atoms with Crippen molar-refractivity contribution in [3.63, 3.8) is 0 Å². The monoisotopic (exact) mass is 632 g/mol. The van der Waals surface area contributed by atoms with E-state index >= 15 is 0 Å². The van der Waals surface area contributed by atoms with E-state index in [2.05, 4.69) is 17.2 Å². The largest absolute Gasteiger partial charge is 0.495 e. The Morgan fingerprint density at radius 2 is 1.87 bits per heavy atom. The Labute approximate surface area is 269 Å². The molecule has 0 radical (unpaired) electrons. The van der Waals surface area contributed by atoms with Crippen molar-refractivity contribution in [3.8, 4) is 11.5 Å². The maximum absolute atomic E-state index is 13.8. The van der Waals surface area contributed by atoms with Gasteiger partial charge in [-0.3, -0.25) is 9.59 Å². The second-order valence-electron chi connectivity index (χ2n) is 11.7. The highest BCUT2D eigenvalue weighted by Gasteiger charge is 2.30. The molecule has 0 spiro atoms. The summed E-state index contributed by atoms with van der Waals surface area (Å²) >= 11 is 6.79. The van der Waals surface area contributed by atoms with Gasteiger partial charge in [0, 0.05) is 26.1 Å². The first kappa shape index (κ1) is 32.3. The summed E-state index contributed by atoms with van der Waals surface area (Å²) in [6.45, 7) is 3.08. The number of hydrogen-bond acceptors (Lipinski definition) is 6. The number of carbonyl (C=O) groups excluding carboxylic acids is 1. The van der Waals surface area contributed by atoms with Crippen LogP contribution in [0.4, 0.5) is 0 Å². The van der Waals surface area contributed by atoms with Gasteiger partial charge < -0.3 is 19.5 Å². The van der Waals surface area contributed by atoms with E-state index in [4.69, 9.17) is 21.1 Å². The van der Waals surface area contributed by atoms with Gasteiger partial charge in [-0.1, -0.05) is 73.7 Å². The summed E-state index contributed by atoms with van der Waals surface area (Å²) in [7, 11) is 4.97. The molecule has 0 bridgehead atoms. The first-order chi connectivity index (χ1) is 21.8. The number of aromatic nitrogens is 3. The molecule has 1 aliphatic heterocycles. The molecule has 1 aromatic heterocycles. The Balaban J connectivity index is 1.41. The van der Waals surface area contributed by atoms with Crippen LogP contribution in [0, 0.1) is 0 Å². The normalized spacial score (nSPS) is 13.5. The lowest BCUT2D eigenvalue weighted by molar-refractivity contribution is -0.137. The highest BCUT2D eigenvalue weighted by atomic mass is 35.5. The van der Waals surface area contributed by atoms with Crippen LogP contribution in [0.5, 0.6) is 11.5 Å². The number of carboxylic acid groups (broad SMARTS) is 1. The lowest BCUT2D eigenvalue weighted by Crippen LogP contribution is -2.36. The summed E-state index contributed by atoms with van der Waals surface area (Å²) in [5, 5.41) is 18.7. The van der Waals surface area contributed by atoms with E-state index in [-0.39, 0.29) is 12.3 Å². The summed E-state index contributed by atoms with van der Waals surface area (Å²) in [6.07, 6.45) is 7.19. The van der Waals surface area contributed by atoms with Crippen molar-refractivity contribution in [3.05, 3.63) is 80.9 Å². The van der Waals surface area contributed by atoms with Crippen LogP contribution in [-0.2, 0) is 31.2 Å². The van der Waals surface area contributed by atoms with Crippen molar-refractivity contribution in [2.24, 2.45) is 7.05 Å². The van der Waals surface area contributed by atoms with Crippen LogP contribution in [0.2, 0.25) is 5.02 Å². The van der Waals surface area contributed by atoms with Crippen LogP contribution in [0.25, 0.3) is 11.0 Å². The quantitative estimate of drug-likeness (QED) is 0.159. The molecule has 10 heteroatoms. The van der Waals surface area contributed by atoms with Crippen molar-refractivity contribution in [2.45, 2.75) is 70.8 Å². The zero-order valence-electron chi connectivity index (χ0n) is 26.4. The molecular weight excluding hydrogens is 592 g/mol. The van der Waals surface area contributed by atoms with Crippen molar-refractivity contribution in [1.82, 2.24) is 19.9 Å². The minimum absolute atomic E-state index is 0.103. The number of aliphatic carboxylic acids is 1. The number of fused-ring (bicyclic) bond motifs is 2. The smallest absolute Gasteiger partial charge is 0.304 e. The minimum Gasteiger partial charge on any atom is -0.495 e. The fraction of sp³-hybridized carbons (Fsp3) is 0.429. The molecule has 2 heterocycles. The van der Waals surface area contributed by atoms with Crippen molar-refractivity contribution >= 4 is 34.5 Å². The van der Waals surface area contributed by atoms with Crippen LogP contribution in [0.1, 0.15) is 89.5 Å². The number of rotatable bonds is 13. The number of halogens is 1. The maximum atomic E-state index is 13.8. The number of amides is 1. The third kappa shape index (κ3) is 6.78. The summed E-state index contributed by atoms with van der Waals surface area (Å²) in [5.74, 6) is -0.333. The van der Waals surface area contributed by atoms with Gasteiger partial charge in [0.05, 0.1) is 31.2 Å². The molecule has 1 atom stereocenters. The standard InChI is InChI=1S/C35H41ClN4O5/c1-5-6-7-8-9-11-22-14-15-27(32(36)34(22)45-4)35(43)40-17-16-25-23(21-40)12-10-13-26(25)28(20-31(41)42)24-18-29-33(30(19-24)44-3)39(2)38-37-29/h10,12-15,18-19,28H,5-9,11,16-17,20-21H2,1-4H3,(H,41,42). The average molecular weight is 633 g/mol. The Morgan fingerprint density at radius 3 is 2.60 bits per heavy atom. The van der Waals surface area contributed by atoms with Crippen LogP contribution in [-0.4, -0.2) is 57.6 Å². The molecule has 0 fully saturated rings. The molecule has 1 amide bonds. The second-order valence-corrected chi connectivity index (χ2v) is 12.1. The van der Waals surface area contributed by atoms with E-state index in [1.54, 1.807) is 30.8 Å². The minimum atomic E-state index is -0.906. The number of ether oxygens (including phenoxy) is 2. The lowest BCUT2D eigenvalue weighted by Gasteiger charge is -2.32. The molecule has 1 N–H and O–H groups in total. The van der Waals surface area contributed by atoms with E-state index in [9.17, 15) is 14.7 Å². The summed E-state index contributed by atoms with van der Waals surface area (Å²) in [5.41, 5.74) is 6.60. The maximum Gasteiger partial charge on any atom is 0.304 e. The third-order valence-electron chi connectivity index (χ3n) is 8.82. The molecular formula is C35H41ClN4O5. The van der Waals surface area contributed by atoms with Gasteiger partial charge in [0.25, 0.3) is 5.91 Å². The molecule has 9 nitrogen and oxygen atoms in total. The summed E-state index contributed by atoms with van der Waals surface area (Å²) in [6, 6.07) is 13.5. The van der Waals surface area contributed by atoms with Gasteiger partial charge in [0.2, 0.25) is 0 Å². The number of benzene rings is 3. The first-order valence-electron chi connectivity index (χ1n) is 15.6. The zero-order chi connectivity index (χ0) is 32.1. The molecule has 238 valence electrons. The van der Waals surface area contributed by atoms with Crippen LogP contribution < -0.4 is 9.47 Å². The predicted molar refractivity (Wildman–Crippen MR) is 175 cm³/mol. The van der Waals surface area contributed by atoms with Gasteiger partial charge in [-0.2, -0.15) is 0 Å². The number of aryl methyl sites for hydroxylation is 2. The van der Waals surface area contributed by atoms with Gasteiger partial charge in [-0.25, -0.2) is 4.68 Å². The van der Waals surface area contributed by atoms with Crippen molar-refractivity contribution < 1.29 is 24.2 Å². The summed E-state index contributed by atoms with van der Waals surface area (Å²) in [4.78, 5) is 27.7. The number of unbranched alkanes of at least 4 members (excludes halogenated alkanes) is 4. The Hall–Kier alpha value is -4.11. The van der Waals surface area contributed by atoms with Crippen molar-refractivity contribution in [1.29, 1.82) is 0 Å². The molecule has 5 rings (SSSR count). The van der Waals surface area contributed by atoms with Gasteiger partial charge >= 0.3 is 5.97 Å². The lowest BCUT2D eigenvalue weighted by atomic mass is 9.82. The van der Waals surface area contributed by atoms with Gasteiger partial charge in [0.15, 0.2) is 0 Å². The van der Waals surface area contributed by atoms with E-state index in [1.807, 2.05) is 42.5 Å². The molecule has 1 unspecified atom stereocenters. The van der Waals surface area contributed by atoms with Gasteiger partial charge in [-0.15, -0.1) is 5.10 Å². The van der Waals surface area contributed by atoms with Crippen LogP contribution in [0.3, 0.4) is 0 Å². The summed E-state index contributed by atoms with van der Waals surface area (Å²) < 4.78 is 13.0. The van der Waals surface area contributed by atoms with Crippen LogP contribution >= 0.6 is 11.6 Å². The fourth-order valence-electron chi connectivity index (χ4n) is 6.52. The molecule has 45 heavy (non-hydrogen) atoms. The number of nitrogens with zero attached hydrogens (tertiary/aromatic N) is 4. The SMILES string of the molecule is CCCCCCCc1ccc(C(=O)N2CCc3c(cccc3C(CC(=O)O)c3cc(OC)c4c(c3)nnn4C)C2)c(Cl)c1OC. The highest BCUT2D eigenvalue weighted by molar-refractivity contribution is 6.35. The molecule has 1 aliphatic rings. The van der Waals surface area contributed by atoms with E-state index in [1.165, 1.54) is 19.3 Å². The van der Waals surface area contributed by atoms with Gasteiger partial charge in [0.1, 0.15) is 22.5 Å². The number of carbonyl (C=O) groups is 2. The Morgan fingerprint density at radius 1 is 1.07 bits per heavy atom. The molecule has 0 saturated carbocycles. The van der Waals surface area contributed by atoms with Crippen LogP contribution in [0.15, 0.2) is 42.5 Å². The topological polar surface area (TPSA) is 107 Å². The molecule has 0 aliphatic carbocycles. The predicted octanol–water partition coefficient (Wildman–Crippen LogP) is 6.96. The molecule has 0 saturated heterocycles. The highest BCUT2D eigenvalue weighted by Crippen LogP contribution is 2.39. The van der Waals surface area contributed by atoms with E-state index < -0.39 is 11.9 Å². The fourth-order valence-corrected chi connectivity index (χ4v) is 6.86. The molecule has 3 aromatic carbocycles. The number of carboxylic acids is 1. The zero-order valence-corrected chi connectivity index (χ0v) is 27.2. The molecule has 4 aromatic rings. The first-order valence-corrected chi connectivity index (χ1v) is 16.0.